The van der Waals surface area contributed by atoms with Gasteiger partial charge in [-0.25, -0.2) is 4.39 Å². The van der Waals surface area contributed by atoms with Gasteiger partial charge in [0, 0.05) is 21.4 Å². The monoisotopic (exact) mass is 339 g/mol. The van der Waals surface area contributed by atoms with Crippen molar-refractivity contribution in [3.8, 4) is 21.6 Å². The van der Waals surface area contributed by atoms with Crippen molar-refractivity contribution in [3.05, 3.63) is 70.9 Å². The van der Waals surface area contributed by atoms with E-state index in [9.17, 15) is 4.39 Å². The lowest BCUT2D eigenvalue weighted by molar-refractivity contribution is 0.632. The van der Waals surface area contributed by atoms with Gasteiger partial charge < -0.3 is 5.73 Å². The highest BCUT2D eigenvalue weighted by molar-refractivity contribution is 7.15. The summed E-state index contributed by atoms with van der Waals surface area (Å²) in [5, 5.41) is 0. The van der Waals surface area contributed by atoms with E-state index >= 15 is 0 Å². The minimum absolute atomic E-state index is 0.0600. The molecule has 0 aliphatic rings. The van der Waals surface area contributed by atoms with Gasteiger partial charge in [-0.05, 0) is 53.8 Å². The Balaban J connectivity index is 1.89. The summed E-state index contributed by atoms with van der Waals surface area (Å²) in [7, 11) is 0. The number of nitrogens with two attached hydrogens (primary N) is 1. The summed E-state index contributed by atoms with van der Waals surface area (Å²) >= 11 is 1.66. The van der Waals surface area contributed by atoms with Crippen molar-refractivity contribution < 1.29 is 4.39 Å². The second kappa shape index (κ2) is 7.29. The predicted octanol–water partition coefficient (Wildman–Crippen LogP) is 6.19. The van der Waals surface area contributed by atoms with Crippen LogP contribution >= 0.6 is 11.3 Å². The van der Waals surface area contributed by atoms with E-state index in [1.807, 2.05) is 42.5 Å². The predicted molar refractivity (Wildman–Crippen MR) is 102 cm³/mol. The quantitative estimate of drug-likeness (QED) is 0.589. The van der Waals surface area contributed by atoms with Crippen molar-refractivity contribution in [2.24, 2.45) is 5.73 Å². The average Bonchev–Trinajstić information content (AvgIpc) is 3.10. The first-order valence-corrected chi connectivity index (χ1v) is 9.18. The smallest absolute Gasteiger partial charge is 0.132 e. The normalized spacial score (nSPS) is 12.3. The maximum absolute atomic E-state index is 14.6. The molecule has 0 aliphatic heterocycles. The fraction of sp³-hybridized carbons (Fsp3) is 0.238. The van der Waals surface area contributed by atoms with E-state index < -0.39 is 0 Å². The first-order valence-electron chi connectivity index (χ1n) is 8.37. The van der Waals surface area contributed by atoms with Crippen LogP contribution in [-0.4, -0.2) is 0 Å². The molecule has 1 atom stereocenters. The summed E-state index contributed by atoms with van der Waals surface area (Å²) in [5.41, 5.74) is 9.73. The SMILES string of the molecule is CCc1ccc(-c2ccc(-c3ccc(C(N)CC)cc3)cc2F)s1. The average molecular weight is 339 g/mol. The van der Waals surface area contributed by atoms with Crippen molar-refractivity contribution in [3.63, 3.8) is 0 Å². The highest BCUT2D eigenvalue weighted by atomic mass is 32.1. The number of hydrogen-bond donors (Lipinski definition) is 1. The zero-order valence-electron chi connectivity index (χ0n) is 14.1. The third kappa shape index (κ3) is 3.42. The molecule has 0 saturated carbocycles. The topological polar surface area (TPSA) is 26.0 Å². The van der Waals surface area contributed by atoms with Gasteiger partial charge in [0.25, 0.3) is 0 Å². The molecule has 0 bridgehead atoms. The zero-order chi connectivity index (χ0) is 17.1. The Bertz CT molecular complexity index is 820. The molecule has 0 aliphatic carbocycles. The molecular weight excluding hydrogens is 317 g/mol. The summed E-state index contributed by atoms with van der Waals surface area (Å²) in [6.07, 6.45) is 1.89. The first-order chi connectivity index (χ1) is 11.6. The summed E-state index contributed by atoms with van der Waals surface area (Å²) in [6.45, 7) is 4.18. The Morgan fingerprint density at radius 1 is 0.958 bits per heavy atom. The van der Waals surface area contributed by atoms with Crippen molar-refractivity contribution in [1.29, 1.82) is 0 Å². The molecule has 1 aromatic heterocycles. The van der Waals surface area contributed by atoms with Crippen LogP contribution in [0.25, 0.3) is 21.6 Å². The lowest BCUT2D eigenvalue weighted by atomic mass is 9.99. The van der Waals surface area contributed by atoms with Crippen LogP contribution < -0.4 is 5.73 Å². The van der Waals surface area contributed by atoms with Gasteiger partial charge in [-0.3, -0.25) is 0 Å². The molecule has 124 valence electrons. The molecule has 0 fully saturated rings. The molecular formula is C21H22FNS. The van der Waals surface area contributed by atoms with Crippen LogP contribution in [0.1, 0.15) is 36.8 Å². The Morgan fingerprint density at radius 2 is 1.67 bits per heavy atom. The second-order valence-electron chi connectivity index (χ2n) is 5.95. The van der Waals surface area contributed by atoms with Crippen LogP contribution in [0.2, 0.25) is 0 Å². The molecule has 0 spiro atoms. The molecule has 1 heterocycles. The minimum atomic E-state index is -0.175. The van der Waals surface area contributed by atoms with E-state index in [-0.39, 0.29) is 11.9 Å². The van der Waals surface area contributed by atoms with Crippen molar-refractivity contribution in [2.75, 3.05) is 0 Å². The van der Waals surface area contributed by atoms with E-state index in [1.54, 1.807) is 17.4 Å². The van der Waals surface area contributed by atoms with Crippen molar-refractivity contribution >= 4 is 11.3 Å². The van der Waals surface area contributed by atoms with E-state index in [0.29, 0.717) is 5.56 Å². The molecule has 3 heteroatoms. The van der Waals surface area contributed by atoms with Crippen LogP contribution in [0.4, 0.5) is 4.39 Å². The van der Waals surface area contributed by atoms with Gasteiger partial charge in [0.2, 0.25) is 0 Å². The molecule has 1 unspecified atom stereocenters. The number of aryl methyl sites for hydroxylation is 1. The molecule has 0 amide bonds. The molecule has 3 aromatic rings. The molecule has 1 nitrogen and oxygen atoms in total. The second-order valence-corrected chi connectivity index (χ2v) is 7.12. The van der Waals surface area contributed by atoms with Crippen LogP contribution in [-0.2, 0) is 6.42 Å². The Kier molecular flexibility index (Phi) is 5.12. The summed E-state index contributed by atoms with van der Waals surface area (Å²) in [5.74, 6) is -0.175. The van der Waals surface area contributed by atoms with E-state index in [2.05, 4.69) is 19.9 Å². The largest absolute Gasteiger partial charge is 0.324 e. The third-order valence-corrected chi connectivity index (χ3v) is 5.62. The third-order valence-electron chi connectivity index (χ3n) is 4.36. The van der Waals surface area contributed by atoms with Crippen molar-refractivity contribution in [2.45, 2.75) is 32.7 Å². The van der Waals surface area contributed by atoms with Gasteiger partial charge >= 0.3 is 0 Å². The number of halogens is 1. The van der Waals surface area contributed by atoms with E-state index in [4.69, 9.17) is 5.73 Å². The molecule has 0 saturated heterocycles. The number of benzene rings is 2. The van der Waals surface area contributed by atoms with Crippen molar-refractivity contribution in [1.82, 2.24) is 0 Å². The van der Waals surface area contributed by atoms with Crippen LogP contribution in [0.3, 0.4) is 0 Å². The number of thiophene rings is 1. The molecule has 24 heavy (non-hydrogen) atoms. The van der Waals surface area contributed by atoms with Gasteiger partial charge in [0.15, 0.2) is 0 Å². The zero-order valence-corrected chi connectivity index (χ0v) is 14.9. The summed E-state index contributed by atoms with van der Waals surface area (Å²) in [6, 6.07) is 17.7. The Labute approximate surface area is 147 Å². The van der Waals surface area contributed by atoms with Gasteiger partial charge in [-0.1, -0.05) is 44.2 Å². The van der Waals surface area contributed by atoms with Crippen LogP contribution in [0.15, 0.2) is 54.6 Å². The van der Waals surface area contributed by atoms with E-state index in [1.165, 1.54) is 4.88 Å². The van der Waals surface area contributed by atoms with Gasteiger partial charge in [0.1, 0.15) is 5.82 Å². The standard InChI is InChI=1S/C21H22FNS/c1-3-17-10-12-21(24-17)18-11-9-16(13-19(18)22)14-5-7-15(8-6-14)20(23)4-2/h5-13,20H,3-4,23H2,1-2H3. The molecule has 3 rings (SSSR count). The fourth-order valence-electron chi connectivity index (χ4n) is 2.77. The lowest BCUT2D eigenvalue weighted by Gasteiger charge is -2.10. The van der Waals surface area contributed by atoms with Gasteiger partial charge in [0.05, 0.1) is 0 Å². The Hall–Kier alpha value is -1.97. The maximum Gasteiger partial charge on any atom is 0.132 e. The van der Waals surface area contributed by atoms with Gasteiger partial charge in [-0.2, -0.15) is 0 Å². The molecule has 2 aromatic carbocycles. The fourth-order valence-corrected chi connectivity index (χ4v) is 3.74. The van der Waals surface area contributed by atoms with Crippen LogP contribution in [0.5, 0.6) is 0 Å². The maximum atomic E-state index is 14.6. The Morgan fingerprint density at radius 3 is 2.25 bits per heavy atom. The molecule has 0 radical (unpaired) electrons. The highest BCUT2D eigenvalue weighted by Crippen LogP contribution is 2.33. The summed E-state index contributed by atoms with van der Waals surface area (Å²) < 4.78 is 14.6. The van der Waals surface area contributed by atoms with Gasteiger partial charge in [-0.15, -0.1) is 11.3 Å². The van der Waals surface area contributed by atoms with E-state index in [0.717, 1.165) is 34.4 Å². The lowest BCUT2D eigenvalue weighted by Crippen LogP contribution is -2.08. The highest BCUT2D eigenvalue weighted by Gasteiger charge is 2.10. The number of rotatable bonds is 5. The van der Waals surface area contributed by atoms with Crippen LogP contribution in [0, 0.1) is 5.82 Å². The first kappa shape index (κ1) is 16.9. The minimum Gasteiger partial charge on any atom is -0.324 e. The number of hydrogen-bond acceptors (Lipinski definition) is 2. The summed E-state index contributed by atoms with van der Waals surface area (Å²) in [4.78, 5) is 2.26. The molecule has 2 N–H and O–H groups in total.